The summed E-state index contributed by atoms with van der Waals surface area (Å²) in [6.45, 7) is 7.69. The van der Waals surface area contributed by atoms with Crippen molar-refractivity contribution < 1.29 is 9.90 Å². The van der Waals surface area contributed by atoms with E-state index in [4.69, 9.17) is 5.11 Å². The highest BCUT2D eigenvalue weighted by Gasteiger charge is 2.23. The van der Waals surface area contributed by atoms with Crippen LogP contribution in [0, 0.1) is 0 Å². The number of nitrogens with zero attached hydrogens (tertiary/aromatic N) is 1. The average Bonchev–Trinajstić information content (AvgIpc) is 2.87. The maximum absolute atomic E-state index is 11.9. The second-order valence-corrected chi connectivity index (χ2v) is 5.77. The summed E-state index contributed by atoms with van der Waals surface area (Å²) in [6, 6.07) is 3.99. The van der Waals surface area contributed by atoms with Crippen LogP contribution in [0.1, 0.15) is 25.6 Å². The van der Waals surface area contributed by atoms with Crippen LogP contribution in [0.3, 0.4) is 0 Å². The third kappa shape index (κ3) is 3.99. The number of aliphatic hydroxyl groups excluding tert-OH is 1. The molecule has 1 aromatic heterocycles. The topological polar surface area (TPSA) is 52.6 Å². The van der Waals surface area contributed by atoms with Crippen molar-refractivity contribution in [2.75, 3.05) is 26.2 Å². The van der Waals surface area contributed by atoms with Crippen LogP contribution in [0.15, 0.2) is 17.5 Å². The predicted molar refractivity (Wildman–Crippen MR) is 75.1 cm³/mol. The molecule has 0 aliphatic heterocycles. The minimum Gasteiger partial charge on any atom is -0.395 e. The van der Waals surface area contributed by atoms with Crippen molar-refractivity contribution in [1.29, 1.82) is 0 Å². The molecule has 0 saturated heterocycles. The predicted octanol–water partition coefficient (Wildman–Crippen LogP) is 2.05. The lowest BCUT2D eigenvalue weighted by molar-refractivity contribution is 0.178. The standard InChI is InChI=1S/C13H22N2O2S/c1-4-15(7-8-16)12(17)14-10-13(2,3)11-6-5-9-18-11/h5-6,9,16H,4,7-8,10H2,1-3H3,(H,14,17). The lowest BCUT2D eigenvalue weighted by Crippen LogP contribution is -2.45. The Kier molecular flexibility index (Phi) is 5.62. The molecule has 0 unspecified atom stereocenters. The summed E-state index contributed by atoms with van der Waals surface area (Å²) in [7, 11) is 0. The Morgan fingerprint density at radius 2 is 2.28 bits per heavy atom. The Hall–Kier alpha value is -1.07. The zero-order valence-electron chi connectivity index (χ0n) is 11.3. The molecule has 0 fully saturated rings. The first kappa shape index (κ1) is 15.0. The quantitative estimate of drug-likeness (QED) is 0.831. The molecule has 0 aromatic carbocycles. The zero-order chi connectivity index (χ0) is 13.6. The third-order valence-electron chi connectivity index (χ3n) is 2.91. The largest absolute Gasteiger partial charge is 0.395 e. The fourth-order valence-electron chi connectivity index (χ4n) is 1.68. The van der Waals surface area contributed by atoms with Crippen molar-refractivity contribution in [3.8, 4) is 0 Å². The van der Waals surface area contributed by atoms with Crippen LogP contribution in [0.25, 0.3) is 0 Å². The molecule has 2 amide bonds. The molecular formula is C13H22N2O2S. The van der Waals surface area contributed by atoms with Crippen molar-refractivity contribution in [3.05, 3.63) is 22.4 Å². The summed E-state index contributed by atoms with van der Waals surface area (Å²) >= 11 is 1.70. The lowest BCUT2D eigenvalue weighted by atomic mass is 9.91. The van der Waals surface area contributed by atoms with E-state index < -0.39 is 0 Å². The Balaban J connectivity index is 2.51. The van der Waals surface area contributed by atoms with Gasteiger partial charge in [0.05, 0.1) is 6.61 Å². The van der Waals surface area contributed by atoms with Crippen molar-refractivity contribution in [3.63, 3.8) is 0 Å². The van der Waals surface area contributed by atoms with E-state index in [-0.39, 0.29) is 18.1 Å². The van der Waals surface area contributed by atoms with E-state index in [1.807, 2.05) is 18.4 Å². The molecule has 18 heavy (non-hydrogen) atoms. The number of carbonyl (C=O) groups is 1. The van der Waals surface area contributed by atoms with Gasteiger partial charge in [0.25, 0.3) is 0 Å². The summed E-state index contributed by atoms with van der Waals surface area (Å²) in [5.41, 5.74) is -0.0670. The molecule has 0 saturated carbocycles. The summed E-state index contributed by atoms with van der Waals surface area (Å²) in [4.78, 5) is 14.7. The minimum absolute atomic E-state index is 0.00439. The molecule has 0 aliphatic rings. The van der Waals surface area contributed by atoms with E-state index in [2.05, 4.69) is 25.2 Å². The van der Waals surface area contributed by atoms with Crippen LogP contribution >= 0.6 is 11.3 Å². The summed E-state index contributed by atoms with van der Waals surface area (Å²) in [5.74, 6) is 0. The number of hydrogen-bond acceptors (Lipinski definition) is 3. The fourth-order valence-corrected chi connectivity index (χ4v) is 2.54. The Morgan fingerprint density at radius 1 is 1.56 bits per heavy atom. The van der Waals surface area contributed by atoms with Gasteiger partial charge in [0.2, 0.25) is 0 Å². The molecule has 0 bridgehead atoms. The molecule has 0 radical (unpaired) electrons. The molecule has 1 heterocycles. The number of nitrogens with one attached hydrogen (secondary N) is 1. The highest BCUT2D eigenvalue weighted by atomic mass is 32.1. The molecule has 0 spiro atoms. The number of thiophene rings is 1. The van der Waals surface area contributed by atoms with Gasteiger partial charge in [-0.25, -0.2) is 4.79 Å². The van der Waals surface area contributed by atoms with E-state index in [1.54, 1.807) is 16.2 Å². The number of carbonyl (C=O) groups excluding carboxylic acids is 1. The average molecular weight is 270 g/mol. The fraction of sp³-hybridized carbons (Fsp3) is 0.615. The van der Waals surface area contributed by atoms with Crippen LogP contribution in [0.5, 0.6) is 0 Å². The van der Waals surface area contributed by atoms with Crippen molar-refractivity contribution in [1.82, 2.24) is 10.2 Å². The molecule has 102 valence electrons. The van der Waals surface area contributed by atoms with E-state index in [1.165, 1.54) is 4.88 Å². The van der Waals surface area contributed by atoms with Gasteiger partial charge in [-0.05, 0) is 18.4 Å². The molecule has 5 heteroatoms. The van der Waals surface area contributed by atoms with Gasteiger partial charge in [-0.1, -0.05) is 19.9 Å². The van der Waals surface area contributed by atoms with Gasteiger partial charge < -0.3 is 15.3 Å². The smallest absolute Gasteiger partial charge is 0.317 e. The first-order valence-corrected chi connectivity index (χ1v) is 7.07. The van der Waals surface area contributed by atoms with E-state index in [0.29, 0.717) is 19.6 Å². The van der Waals surface area contributed by atoms with Crippen molar-refractivity contribution in [2.45, 2.75) is 26.2 Å². The van der Waals surface area contributed by atoms with Gasteiger partial charge in [0.15, 0.2) is 0 Å². The van der Waals surface area contributed by atoms with E-state index >= 15 is 0 Å². The van der Waals surface area contributed by atoms with E-state index in [9.17, 15) is 4.79 Å². The van der Waals surface area contributed by atoms with Crippen LogP contribution in [-0.2, 0) is 5.41 Å². The monoisotopic (exact) mass is 270 g/mol. The van der Waals surface area contributed by atoms with Crippen molar-refractivity contribution in [2.24, 2.45) is 0 Å². The number of likely N-dealkylation sites (N-methyl/N-ethyl adjacent to an activating group) is 1. The first-order valence-electron chi connectivity index (χ1n) is 6.19. The third-order valence-corrected chi connectivity index (χ3v) is 4.14. The number of rotatable bonds is 6. The van der Waals surface area contributed by atoms with Crippen LogP contribution in [-0.4, -0.2) is 42.3 Å². The van der Waals surface area contributed by atoms with Gasteiger partial charge in [0, 0.05) is 29.9 Å². The molecule has 1 rings (SSSR count). The second kappa shape index (κ2) is 6.75. The van der Waals surface area contributed by atoms with Crippen LogP contribution in [0.2, 0.25) is 0 Å². The van der Waals surface area contributed by atoms with Gasteiger partial charge in [-0.15, -0.1) is 11.3 Å². The molecule has 0 atom stereocenters. The van der Waals surface area contributed by atoms with Crippen LogP contribution in [0.4, 0.5) is 4.79 Å². The number of amides is 2. The highest BCUT2D eigenvalue weighted by molar-refractivity contribution is 7.10. The zero-order valence-corrected chi connectivity index (χ0v) is 12.1. The molecule has 4 nitrogen and oxygen atoms in total. The molecule has 0 aliphatic carbocycles. The maximum atomic E-state index is 11.9. The summed E-state index contributed by atoms with van der Waals surface area (Å²) < 4.78 is 0. The lowest BCUT2D eigenvalue weighted by Gasteiger charge is -2.26. The Labute approximate surface area is 113 Å². The Morgan fingerprint density at radius 3 is 2.78 bits per heavy atom. The first-order chi connectivity index (χ1) is 8.51. The number of hydrogen-bond donors (Lipinski definition) is 2. The van der Waals surface area contributed by atoms with Gasteiger partial charge in [-0.2, -0.15) is 0 Å². The summed E-state index contributed by atoms with van der Waals surface area (Å²) in [6.07, 6.45) is 0. The maximum Gasteiger partial charge on any atom is 0.317 e. The minimum atomic E-state index is -0.115. The molecule has 2 N–H and O–H groups in total. The molecule has 1 aromatic rings. The van der Waals surface area contributed by atoms with E-state index in [0.717, 1.165) is 0 Å². The summed E-state index contributed by atoms with van der Waals surface area (Å²) in [5, 5.41) is 13.8. The van der Waals surface area contributed by atoms with Gasteiger partial charge in [0.1, 0.15) is 0 Å². The normalized spacial score (nSPS) is 11.3. The Bertz CT molecular complexity index is 363. The highest BCUT2D eigenvalue weighted by Crippen LogP contribution is 2.26. The van der Waals surface area contributed by atoms with Gasteiger partial charge >= 0.3 is 6.03 Å². The van der Waals surface area contributed by atoms with Crippen LogP contribution < -0.4 is 5.32 Å². The SMILES string of the molecule is CCN(CCO)C(=O)NCC(C)(C)c1cccs1. The number of urea groups is 1. The molecular weight excluding hydrogens is 248 g/mol. The number of aliphatic hydroxyl groups is 1. The second-order valence-electron chi connectivity index (χ2n) is 4.82. The van der Waals surface area contributed by atoms with Gasteiger partial charge in [-0.3, -0.25) is 0 Å². The van der Waals surface area contributed by atoms with Crippen molar-refractivity contribution >= 4 is 17.4 Å².